The number of piperidine rings is 1. The molecule has 2 heterocycles. The predicted molar refractivity (Wildman–Crippen MR) is 112 cm³/mol. The summed E-state index contributed by atoms with van der Waals surface area (Å²) in [6, 6.07) is 7.92. The van der Waals surface area contributed by atoms with Gasteiger partial charge in [0.15, 0.2) is 0 Å². The van der Waals surface area contributed by atoms with Crippen LogP contribution in [0.15, 0.2) is 33.9 Å². The van der Waals surface area contributed by atoms with Crippen LogP contribution in [0, 0.1) is 0 Å². The van der Waals surface area contributed by atoms with Crippen molar-refractivity contribution in [2.45, 2.75) is 58.5 Å². The van der Waals surface area contributed by atoms with Gasteiger partial charge in [0.2, 0.25) is 11.9 Å². The summed E-state index contributed by atoms with van der Waals surface area (Å²) in [7, 11) is 0. The van der Waals surface area contributed by atoms with Gasteiger partial charge in [-0.25, -0.2) is 14.2 Å². The van der Waals surface area contributed by atoms with Crippen LogP contribution in [-0.2, 0) is 4.79 Å². The topological polar surface area (TPSA) is 100 Å². The minimum absolute atomic E-state index is 0.135. The van der Waals surface area contributed by atoms with Gasteiger partial charge in [0, 0.05) is 26.1 Å². The summed E-state index contributed by atoms with van der Waals surface area (Å²) < 4.78 is 1.09. The van der Waals surface area contributed by atoms with Crippen molar-refractivity contribution in [3.05, 3.63) is 56.4 Å². The lowest BCUT2D eigenvalue weighted by atomic mass is 9.88. The fourth-order valence-electron chi connectivity index (χ4n) is 3.85. The normalized spacial score (nSPS) is 16.1. The second-order valence-corrected chi connectivity index (χ2v) is 7.95. The number of likely N-dealkylation sites (tertiary alicyclic amines) is 1. The molecule has 1 amide bonds. The van der Waals surface area contributed by atoms with Gasteiger partial charge in [-0.05, 0) is 50.7 Å². The quantitative estimate of drug-likeness (QED) is 0.804. The molecule has 0 spiro atoms. The van der Waals surface area contributed by atoms with Crippen LogP contribution in [0.1, 0.15) is 69.7 Å². The van der Waals surface area contributed by atoms with Gasteiger partial charge in [-0.3, -0.25) is 9.78 Å². The zero-order chi connectivity index (χ0) is 21.1. The van der Waals surface area contributed by atoms with E-state index in [2.05, 4.69) is 27.4 Å². The molecular weight excluding hydrogens is 370 g/mol. The molecule has 2 N–H and O–H groups in total. The van der Waals surface area contributed by atoms with E-state index in [0.717, 1.165) is 36.1 Å². The maximum Gasteiger partial charge on any atom is 0.355 e. The highest BCUT2D eigenvalue weighted by Crippen LogP contribution is 2.30. The predicted octanol–water partition coefficient (Wildman–Crippen LogP) is 2.41. The number of nitrogens with one attached hydrogen (secondary N) is 2. The van der Waals surface area contributed by atoms with Crippen LogP contribution in [0.25, 0.3) is 0 Å². The van der Waals surface area contributed by atoms with E-state index in [1.807, 2.05) is 24.0 Å². The lowest BCUT2D eigenvalue weighted by Gasteiger charge is -2.31. The Balaban J connectivity index is 1.73. The molecule has 0 unspecified atom stereocenters. The van der Waals surface area contributed by atoms with Gasteiger partial charge >= 0.3 is 11.4 Å². The number of carbonyl (C=O) groups excluding carboxylic acids is 1. The fraction of sp³-hybridized carbons (Fsp3) is 0.524. The zero-order valence-electron chi connectivity index (χ0n) is 17.4. The molecule has 3 rings (SSSR count). The molecule has 1 aliphatic rings. The first-order valence-electron chi connectivity index (χ1n) is 10.1. The number of aromatic nitrogens is 3. The van der Waals surface area contributed by atoms with E-state index >= 15 is 0 Å². The second-order valence-electron chi connectivity index (χ2n) is 7.95. The third-order valence-corrected chi connectivity index (χ3v) is 5.55. The Kier molecular flexibility index (Phi) is 6.20. The fourth-order valence-corrected chi connectivity index (χ4v) is 3.85. The van der Waals surface area contributed by atoms with Crippen LogP contribution in [0.3, 0.4) is 0 Å². The number of benzene rings is 1. The summed E-state index contributed by atoms with van der Waals surface area (Å²) in [5, 5.41) is 3.13. The Hall–Kier alpha value is -2.90. The molecule has 1 fully saturated rings. The monoisotopic (exact) mass is 399 g/mol. The molecule has 0 saturated carbocycles. The standard InChI is InChI=1S/C21H29N5O3/c1-13(2)26-20(28)23-19(24-21(26)29)22-14(3)17-6-5-7-18(12-17)16-8-10-25(11-9-16)15(4)27/h5-7,12-14,16H,8-11H2,1-4H3,(H2,22,23,24,28,29)/t14-/m0/s1. The number of rotatable bonds is 5. The number of aromatic amines is 1. The Morgan fingerprint density at radius 1 is 1.21 bits per heavy atom. The molecule has 1 aromatic carbocycles. The van der Waals surface area contributed by atoms with Gasteiger partial charge in [0.1, 0.15) is 0 Å². The number of nitrogens with zero attached hydrogens (tertiary/aromatic N) is 3. The number of carbonyl (C=O) groups is 1. The highest BCUT2D eigenvalue weighted by Gasteiger charge is 2.22. The summed E-state index contributed by atoms with van der Waals surface area (Å²) >= 11 is 0. The van der Waals surface area contributed by atoms with Crippen LogP contribution in [0.4, 0.5) is 5.95 Å². The molecule has 1 aromatic heterocycles. The van der Waals surface area contributed by atoms with Crippen molar-refractivity contribution in [3.63, 3.8) is 0 Å². The first kappa shape index (κ1) is 20.8. The van der Waals surface area contributed by atoms with Gasteiger partial charge in [-0.2, -0.15) is 4.98 Å². The van der Waals surface area contributed by atoms with Crippen molar-refractivity contribution in [2.24, 2.45) is 0 Å². The highest BCUT2D eigenvalue weighted by molar-refractivity contribution is 5.73. The first-order valence-corrected chi connectivity index (χ1v) is 10.1. The van der Waals surface area contributed by atoms with Crippen molar-refractivity contribution >= 4 is 11.9 Å². The van der Waals surface area contributed by atoms with Crippen LogP contribution in [0.5, 0.6) is 0 Å². The van der Waals surface area contributed by atoms with Gasteiger partial charge in [0.25, 0.3) is 0 Å². The Bertz CT molecular complexity index is 955. The molecular formula is C21H29N5O3. The third kappa shape index (κ3) is 4.75. The van der Waals surface area contributed by atoms with E-state index < -0.39 is 11.4 Å². The van der Waals surface area contributed by atoms with Gasteiger partial charge < -0.3 is 10.2 Å². The molecule has 8 heteroatoms. The smallest absolute Gasteiger partial charge is 0.349 e. The summed E-state index contributed by atoms with van der Waals surface area (Å²) in [6.07, 6.45) is 1.90. The molecule has 0 aliphatic carbocycles. The largest absolute Gasteiger partial charge is 0.355 e. The lowest BCUT2D eigenvalue weighted by molar-refractivity contribution is -0.129. The first-order chi connectivity index (χ1) is 13.8. The zero-order valence-corrected chi connectivity index (χ0v) is 17.4. The van der Waals surface area contributed by atoms with E-state index in [4.69, 9.17) is 0 Å². The van der Waals surface area contributed by atoms with Gasteiger partial charge in [-0.15, -0.1) is 0 Å². The maximum atomic E-state index is 12.2. The molecule has 2 aromatic rings. The van der Waals surface area contributed by atoms with E-state index in [1.54, 1.807) is 20.8 Å². The maximum absolute atomic E-state index is 12.2. The van der Waals surface area contributed by atoms with Gasteiger partial charge in [-0.1, -0.05) is 24.3 Å². The summed E-state index contributed by atoms with van der Waals surface area (Å²) in [5.74, 6) is 0.728. The van der Waals surface area contributed by atoms with Crippen LogP contribution < -0.4 is 16.7 Å². The van der Waals surface area contributed by atoms with Crippen molar-refractivity contribution < 1.29 is 4.79 Å². The lowest BCUT2D eigenvalue weighted by Crippen LogP contribution is -2.39. The minimum atomic E-state index is -0.565. The van der Waals surface area contributed by atoms with Crippen molar-refractivity contribution in [2.75, 3.05) is 18.4 Å². The van der Waals surface area contributed by atoms with E-state index in [0.29, 0.717) is 5.92 Å². The van der Waals surface area contributed by atoms with Crippen molar-refractivity contribution in [1.82, 2.24) is 19.4 Å². The van der Waals surface area contributed by atoms with E-state index in [-0.39, 0.29) is 23.9 Å². The Morgan fingerprint density at radius 3 is 2.48 bits per heavy atom. The van der Waals surface area contributed by atoms with Crippen molar-refractivity contribution in [1.29, 1.82) is 0 Å². The minimum Gasteiger partial charge on any atom is -0.349 e. The molecule has 1 aliphatic heterocycles. The average Bonchev–Trinajstić information content (AvgIpc) is 2.67. The highest BCUT2D eigenvalue weighted by atomic mass is 16.2. The number of anilines is 1. The molecule has 156 valence electrons. The molecule has 1 saturated heterocycles. The van der Waals surface area contributed by atoms with Crippen molar-refractivity contribution in [3.8, 4) is 0 Å². The van der Waals surface area contributed by atoms with E-state index in [1.165, 1.54) is 5.56 Å². The summed E-state index contributed by atoms with van der Waals surface area (Å²) in [4.78, 5) is 44.3. The Labute approximate surface area is 170 Å². The SMILES string of the molecule is CC(=O)N1CCC(c2cccc([C@H](C)Nc3nc(=O)n(C(C)C)c(=O)[nH]3)c2)CC1. The molecule has 0 bridgehead atoms. The van der Waals surface area contributed by atoms with Gasteiger partial charge in [0.05, 0.1) is 6.04 Å². The number of H-pyrrole nitrogens is 1. The molecule has 8 nitrogen and oxygen atoms in total. The molecule has 1 atom stereocenters. The summed E-state index contributed by atoms with van der Waals surface area (Å²) in [5.41, 5.74) is 1.26. The second kappa shape index (κ2) is 8.63. The summed E-state index contributed by atoms with van der Waals surface area (Å²) in [6.45, 7) is 8.68. The third-order valence-electron chi connectivity index (χ3n) is 5.55. The van der Waals surface area contributed by atoms with Crippen LogP contribution in [0.2, 0.25) is 0 Å². The van der Waals surface area contributed by atoms with Crippen LogP contribution >= 0.6 is 0 Å². The average molecular weight is 399 g/mol. The number of hydrogen-bond acceptors (Lipinski definition) is 5. The van der Waals surface area contributed by atoms with Crippen LogP contribution in [-0.4, -0.2) is 38.4 Å². The number of amides is 1. The number of hydrogen-bond donors (Lipinski definition) is 2. The Morgan fingerprint density at radius 2 is 1.90 bits per heavy atom. The molecule has 0 radical (unpaired) electrons. The van der Waals surface area contributed by atoms with E-state index in [9.17, 15) is 14.4 Å². The molecule has 29 heavy (non-hydrogen) atoms.